The molecule has 2 aromatic carbocycles. The molecule has 0 saturated carbocycles. The third-order valence-electron chi connectivity index (χ3n) is 5.79. The standard InChI is InChI=1S/C27H29N3O3/c1-3-5-15-30-24-14-10-9-13-20(24)21-17-22(28-18-25(21)30)26(31)29-23(27(32)33-4-2)16-19-11-7-6-8-12-19/h6-14,17-18,23H,3-5,15-16H2,1-2H3,(H,29,31)/t23-/m0/s1. The summed E-state index contributed by atoms with van der Waals surface area (Å²) >= 11 is 0. The van der Waals surface area contributed by atoms with Crippen molar-refractivity contribution >= 4 is 33.7 Å². The van der Waals surface area contributed by atoms with Crippen LogP contribution in [-0.2, 0) is 22.5 Å². The van der Waals surface area contributed by atoms with Gasteiger partial charge in [-0.05, 0) is 31.0 Å². The van der Waals surface area contributed by atoms with Crippen molar-refractivity contribution in [3.63, 3.8) is 0 Å². The number of rotatable bonds is 9. The number of nitrogens with zero attached hydrogens (tertiary/aromatic N) is 2. The monoisotopic (exact) mass is 443 g/mol. The lowest BCUT2D eigenvalue weighted by Crippen LogP contribution is -2.43. The summed E-state index contributed by atoms with van der Waals surface area (Å²) in [5.41, 5.74) is 3.36. The van der Waals surface area contributed by atoms with Crippen LogP contribution in [0.1, 0.15) is 42.7 Å². The molecule has 0 spiro atoms. The van der Waals surface area contributed by atoms with Crippen molar-refractivity contribution in [3.8, 4) is 0 Å². The summed E-state index contributed by atoms with van der Waals surface area (Å²) in [7, 11) is 0. The van der Waals surface area contributed by atoms with Gasteiger partial charge < -0.3 is 14.6 Å². The number of hydrogen-bond acceptors (Lipinski definition) is 4. The van der Waals surface area contributed by atoms with Crippen molar-refractivity contribution in [2.75, 3.05) is 6.61 Å². The SMILES string of the molecule is CCCCn1c2ccccc2c2cc(C(=O)N[C@@H](Cc3ccccc3)C(=O)OCC)ncc21. The van der Waals surface area contributed by atoms with Gasteiger partial charge in [0.1, 0.15) is 11.7 Å². The van der Waals surface area contributed by atoms with Gasteiger partial charge in [0.15, 0.2) is 0 Å². The lowest BCUT2D eigenvalue weighted by atomic mass is 10.1. The van der Waals surface area contributed by atoms with Gasteiger partial charge in [-0.25, -0.2) is 9.78 Å². The molecule has 0 aliphatic rings. The molecule has 33 heavy (non-hydrogen) atoms. The van der Waals surface area contributed by atoms with Crippen molar-refractivity contribution in [3.05, 3.63) is 78.1 Å². The van der Waals surface area contributed by atoms with Crippen LogP contribution in [0.25, 0.3) is 21.8 Å². The zero-order valence-corrected chi connectivity index (χ0v) is 19.1. The zero-order valence-electron chi connectivity index (χ0n) is 19.1. The molecule has 0 aliphatic heterocycles. The van der Waals surface area contributed by atoms with Crippen LogP contribution in [0.2, 0.25) is 0 Å². The van der Waals surface area contributed by atoms with E-state index in [1.807, 2.05) is 48.5 Å². The lowest BCUT2D eigenvalue weighted by molar-refractivity contribution is -0.145. The largest absolute Gasteiger partial charge is 0.464 e. The van der Waals surface area contributed by atoms with Crippen molar-refractivity contribution in [2.45, 2.75) is 45.7 Å². The molecule has 0 saturated heterocycles. The Hall–Kier alpha value is -3.67. The molecule has 4 rings (SSSR count). The second-order valence-corrected chi connectivity index (χ2v) is 8.08. The fourth-order valence-corrected chi connectivity index (χ4v) is 4.14. The van der Waals surface area contributed by atoms with E-state index < -0.39 is 17.9 Å². The van der Waals surface area contributed by atoms with Crippen LogP contribution in [0.5, 0.6) is 0 Å². The van der Waals surface area contributed by atoms with E-state index in [9.17, 15) is 9.59 Å². The highest BCUT2D eigenvalue weighted by atomic mass is 16.5. The average Bonchev–Trinajstić information content (AvgIpc) is 3.16. The molecule has 0 fully saturated rings. The van der Waals surface area contributed by atoms with Crippen LogP contribution in [0, 0.1) is 0 Å². The summed E-state index contributed by atoms with van der Waals surface area (Å²) in [5, 5.41) is 4.91. The Balaban J connectivity index is 1.65. The molecule has 0 unspecified atom stereocenters. The number of para-hydroxylation sites is 1. The fourth-order valence-electron chi connectivity index (χ4n) is 4.14. The lowest BCUT2D eigenvalue weighted by Gasteiger charge is -2.17. The van der Waals surface area contributed by atoms with Crippen LogP contribution in [0.4, 0.5) is 0 Å². The molecule has 4 aromatic rings. The Morgan fingerprint density at radius 3 is 2.52 bits per heavy atom. The van der Waals surface area contributed by atoms with Crippen LogP contribution in [0.3, 0.4) is 0 Å². The van der Waals surface area contributed by atoms with E-state index in [0.717, 1.165) is 46.8 Å². The first kappa shape index (κ1) is 22.5. The highest BCUT2D eigenvalue weighted by Gasteiger charge is 2.24. The number of fused-ring (bicyclic) bond motifs is 3. The molecule has 2 heterocycles. The van der Waals surface area contributed by atoms with Gasteiger partial charge in [-0.15, -0.1) is 0 Å². The zero-order chi connectivity index (χ0) is 23.2. The van der Waals surface area contributed by atoms with Crippen molar-refractivity contribution in [1.82, 2.24) is 14.9 Å². The van der Waals surface area contributed by atoms with Gasteiger partial charge in [0.25, 0.3) is 5.91 Å². The van der Waals surface area contributed by atoms with Crippen molar-refractivity contribution in [1.29, 1.82) is 0 Å². The van der Waals surface area contributed by atoms with E-state index >= 15 is 0 Å². The molecule has 2 aromatic heterocycles. The Morgan fingerprint density at radius 2 is 1.76 bits per heavy atom. The van der Waals surface area contributed by atoms with E-state index in [0.29, 0.717) is 6.42 Å². The smallest absolute Gasteiger partial charge is 0.328 e. The van der Waals surface area contributed by atoms with Crippen LogP contribution in [0.15, 0.2) is 66.9 Å². The minimum atomic E-state index is -0.789. The van der Waals surface area contributed by atoms with Crippen LogP contribution >= 0.6 is 0 Å². The summed E-state index contributed by atoms with van der Waals surface area (Å²) in [5.74, 6) is -0.844. The van der Waals surface area contributed by atoms with Gasteiger partial charge >= 0.3 is 5.97 Å². The van der Waals surface area contributed by atoms with E-state index in [1.54, 1.807) is 13.1 Å². The first-order valence-electron chi connectivity index (χ1n) is 11.5. The summed E-state index contributed by atoms with van der Waals surface area (Å²) < 4.78 is 7.47. The number of aryl methyl sites for hydroxylation is 1. The third kappa shape index (κ3) is 4.90. The number of carbonyl (C=O) groups is 2. The Kier molecular flexibility index (Phi) is 7.03. The number of amides is 1. The van der Waals surface area contributed by atoms with Gasteiger partial charge in [-0.1, -0.05) is 61.9 Å². The molecule has 6 nitrogen and oxygen atoms in total. The molecular weight excluding hydrogens is 414 g/mol. The maximum Gasteiger partial charge on any atom is 0.328 e. The number of nitrogens with one attached hydrogen (secondary N) is 1. The topological polar surface area (TPSA) is 73.2 Å². The van der Waals surface area contributed by atoms with E-state index in [4.69, 9.17) is 4.74 Å². The van der Waals surface area contributed by atoms with Gasteiger partial charge in [-0.3, -0.25) is 4.79 Å². The molecule has 1 amide bonds. The number of carbonyl (C=O) groups excluding carboxylic acids is 2. The molecule has 1 atom stereocenters. The number of benzene rings is 2. The molecule has 0 radical (unpaired) electrons. The first-order valence-corrected chi connectivity index (χ1v) is 11.5. The maximum atomic E-state index is 13.1. The number of esters is 1. The molecule has 0 aliphatic carbocycles. The Morgan fingerprint density at radius 1 is 1.00 bits per heavy atom. The normalized spacial score (nSPS) is 12.1. The minimum absolute atomic E-state index is 0.251. The number of hydrogen-bond donors (Lipinski definition) is 1. The first-order chi connectivity index (χ1) is 16.1. The predicted molar refractivity (Wildman–Crippen MR) is 130 cm³/mol. The summed E-state index contributed by atoms with van der Waals surface area (Å²) in [6.07, 6.45) is 4.27. The highest BCUT2D eigenvalue weighted by Crippen LogP contribution is 2.29. The number of aromatic nitrogens is 2. The van der Waals surface area contributed by atoms with Gasteiger partial charge in [0.2, 0.25) is 0 Å². The van der Waals surface area contributed by atoms with Crippen molar-refractivity contribution < 1.29 is 14.3 Å². The molecule has 6 heteroatoms. The maximum absolute atomic E-state index is 13.1. The van der Waals surface area contributed by atoms with Gasteiger partial charge in [-0.2, -0.15) is 0 Å². The van der Waals surface area contributed by atoms with E-state index in [1.165, 1.54) is 0 Å². The predicted octanol–water partition coefficient (Wildman–Crippen LogP) is 4.89. The molecule has 1 N–H and O–H groups in total. The van der Waals surface area contributed by atoms with E-state index in [-0.39, 0.29) is 12.3 Å². The number of pyridine rings is 1. The second kappa shape index (κ2) is 10.3. The van der Waals surface area contributed by atoms with Gasteiger partial charge in [0.05, 0.1) is 18.3 Å². The number of ether oxygens (including phenoxy) is 1. The minimum Gasteiger partial charge on any atom is -0.464 e. The van der Waals surface area contributed by atoms with Crippen LogP contribution < -0.4 is 5.32 Å². The third-order valence-corrected chi connectivity index (χ3v) is 5.79. The summed E-state index contributed by atoms with van der Waals surface area (Å²) in [6.45, 7) is 5.07. The average molecular weight is 444 g/mol. The molecule has 170 valence electrons. The summed E-state index contributed by atoms with van der Waals surface area (Å²) in [4.78, 5) is 30.1. The molecular formula is C27H29N3O3. The fraction of sp³-hybridized carbons (Fsp3) is 0.296. The second-order valence-electron chi connectivity index (χ2n) is 8.08. The highest BCUT2D eigenvalue weighted by molar-refractivity contribution is 6.10. The van der Waals surface area contributed by atoms with Gasteiger partial charge in [0, 0.05) is 29.3 Å². The summed E-state index contributed by atoms with van der Waals surface area (Å²) in [6, 6.07) is 18.8. The van der Waals surface area contributed by atoms with Crippen molar-refractivity contribution in [2.24, 2.45) is 0 Å². The quantitative estimate of drug-likeness (QED) is 0.374. The Labute approximate surface area is 193 Å². The number of unbranched alkanes of at least 4 members (excludes halogenated alkanes) is 1. The van der Waals surface area contributed by atoms with Crippen LogP contribution in [-0.4, -0.2) is 34.1 Å². The molecule has 0 bridgehead atoms. The van der Waals surface area contributed by atoms with E-state index in [2.05, 4.69) is 33.9 Å². The Bertz CT molecular complexity index is 1260.